The van der Waals surface area contributed by atoms with Crippen LogP contribution in [-0.2, 0) is 11.3 Å². The molecule has 0 aromatic heterocycles. The minimum absolute atomic E-state index is 0.201. The second kappa shape index (κ2) is 9.24. The zero-order valence-corrected chi connectivity index (χ0v) is 17.1. The molecule has 3 rings (SSSR count). The molecule has 0 bridgehead atoms. The number of hydrogen-bond donors (Lipinski definition) is 2. The molecule has 2 N–H and O–H groups in total. The predicted molar refractivity (Wildman–Crippen MR) is 111 cm³/mol. The van der Waals surface area contributed by atoms with Gasteiger partial charge in [0.15, 0.2) is 0 Å². The second-order valence-electron chi connectivity index (χ2n) is 7.85. The first-order valence-electron chi connectivity index (χ1n) is 9.65. The summed E-state index contributed by atoms with van der Waals surface area (Å²) in [5.41, 5.74) is 1.76. The highest BCUT2D eigenvalue weighted by Crippen LogP contribution is 2.33. The van der Waals surface area contributed by atoms with Crippen molar-refractivity contribution in [1.82, 2.24) is 10.2 Å². The van der Waals surface area contributed by atoms with Gasteiger partial charge in [-0.25, -0.2) is 4.39 Å². The lowest BCUT2D eigenvalue weighted by Gasteiger charge is -2.36. The smallest absolute Gasteiger partial charge is 0.251 e. The number of ether oxygens (including phenoxy) is 2. The average Bonchev–Trinajstić information content (AvgIpc) is 2.70. The maximum atomic E-state index is 13.0. The second-order valence-corrected chi connectivity index (χ2v) is 7.85. The summed E-state index contributed by atoms with van der Waals surface area (Å²) in [5, 5.41) is 6.31. The van der Waals surface area contributed by atoms with Gasteiger partial charge in [-0.3, -0.25) is 4.79 Å². The first-order chi connectivity index (χ1) is 13.8. The highest BCUT2D eigenvalue weighted by molar-refractivity contribution is 5.95. The van der Waals surface area contributed by atoms with Crippen LogP contribution in [-0.4, -0.2) is 56.8 Å². The van der Waals surface area contributed by atoms with E-state index in [9.17, 15) is 9.18 Å². The van der Waals surface area contributed by atoms with Gasteiger partial charge in [0.25, 0.3) is 5.91 Å². The van der Waals surface area contributed by atoms with Gasteiger partial charge in [0.05, 0.1) is 24.4 Å². The number of hydrogen-bond acceptors (Lipinski definition) is 5. The van der Waals surface area contributed by atoms with Gasteiger partial charge in [0, 0.05) is 18.7 Å². The van der Waals surface area contributed by atoms with Crippen LogP contribution < -0.4 is 15.4 Å². The number of likely N-dealkylation sites (N-methyl/N-ethyl adjacent to an activating group) is 1. The van der Waals surface area contributed by atoms with Crippen LogP contribution in [0.25, 0.3) is 0 Å². The Labute approximate surface area is 171 Å². The number of halogens is 1. The molecule has 1 aliphatic heterocycles. The van der Waals surface area contributed by atoms with E-state index < -0.39 is 0 Å². The van der Waals surface area contributed by atoms with Gasteiger partial charge in [-0.1, -0.05) is 12.1 Å². The van der Waals surface area contributed by atoms with Crippen LogP contribution >= 0.6 is 0 Å². The largest absolute Gasteiger partial charge is 0.489 e. The Morgan fingerprint density at radius 1 is 1.28 bits per heavy atom. The highest BCUT2D eigenvalue weighted by atomic mass is 19.1. The van der Waals surface area contributed by atoms with E-state index in [2.05, 4.69) is 15.5 Å². The molecular formula is C22H28FN3O3. The Morgan fingerprint density at radius 3 is 2.76 bits per heavy atom. The van der Waals surface area contributed by atoms with Crippen LogP contribution in [0.5, 0.6) is 5.75 Å². The van der Waals surface area contributed by atoms with E-state index in [1.165, 1.54) is 12.1 Å². The number of rotatable bonds is 8. The summed E-state index contributed by atoms with van der Waals surface area (Å²) < 4.78 is 24.6. The van der Waals surface area contributed by atoms with Crippen LogP contribution in [0, 0.1) is 5.82 Å². The molecule has 0 radical (unpaired) electrons. The lowest BCUT2D eigenvalue weighted by Crippen LogP contribution is -2.48. The van der Waals surface area contributed by atoms with Crippen molar-refractivity contribution in [2.75, 3.05) is 45.8 Å². The number of benzene rings is 2. The predicted octanol–water partition coefficient (Wildman–Crippen LogP) is 2.90. The summed E-state index contributed by atoms with van der Waals surface area (Å²) in [6.45, 7) is 4.85. The minimum atomic E-state index is -0.372. The Bertz CT molecular complexity index is 842. The van der Waals surface area contributed by atoms with Crippen molar-refractivity contribution in [2.24, 2.45) is 0 Å². The monoisotopic (exact) mass is 401 g/mol. The van der Waals surface area contributed by atoms with Crippen molar-refractivity contribution >= 4 is 11.6 Å². The maximum absolute atomic E-state index is 13.0. The van der Waals surface area contributed by atoms with Crippen LogP contribution in [0.1, 0.15) is 22.8 Å². The fourth-order valence-electron chi connectivity index (χ4n) is 3.00. The van der Waals surface area contributed by atoms with Crippen molar-refractivity contribution < 1.29 is 18.7 Å². The average molecular weight is 401 g/mol. The molecule has 156 valence electrons. The molecule has 2 aromatic carbocycles. The topological polar surface area (TPSA) is 62.8 Å². The van der Waals surface area contributed by atoms with Gasteiger partial charge in [-0.05, 0) is 56.9 Å². The molecule has 1 unspecified atom stereocenters. The van der Waals surface area contributed by atoms with E-state index in [0.717, 1.165) is 17.8 Å². The van der Waals surface area contributed by atoms with E-state index >= 15 is 0 Å². The first kappa shape index (κ1) is 21.1. The summed E-state index contributed by atoms with van der Waals surface area (Å²) in [7, 11) is 4.01. The number of amides is 1. The lowest BCUT2D eigenvalue weighted by molar-refractivity contribution is 0.0645. The zero-order valence-electron chi connectivity index (χ0n) is 17.1. The zero-order chi connectivity index (χ0) is 20.9. The van der Waals surface area contributed by atoms with E-state index in [1.54, 1.807) is 30.3 Å². The van der Waals surface area contributed by atoms with E-state index in [1.807, 2.05) is 21.0 Å². The van der Waals surface area contributed by atoms with Crippen LogP contribution in [0.3, 0.4) is 0 Å². The molecule has 7 heteroatoms. The number of fused-ring (bicyclic) bond motifs is 1. The van der Waals surface area contributed by atoms with Gasteiger partial charge in [0.1, 0.15) is 18.2 Å². The third kappa shape index (κ3) is 5.92. The molecule has 0 aliphatic carbocycles. The highest BCUT2D eigenvalue weighted by Gasteiger charge is 2.31. The Balaban J connectivity index is 1.59. The SMILES string of the molecule is CN(C)CCOCC1(C)COc2ccc(C(=O)NCc3ccc(F)cc3)cc2N1. The third-order valence-corrected chi connectivity index (χ3v) is 4.69. The van der Waals surface area contributed by atoms with Gasteiger partial charge in [-0.2, -0.15) is 0 Å². The third-order valence-electron chi connectivity index (χ3n) is 4.69. The molecule has 0 fully saturated rings. The molecule has 1 amide bonds. The Hall–Kier alpha value is -2.64. The molecule has 2 aromatic rings. The number of nitrogens with one attached hydrogen (secondary N) is 2. The number of anilines is 1. The van der Waals surface area contributed by atoms with E-state index in [-0.39, 0.29) is 17.3 Å². The Morgan fingerprint density at radius 2 is 2.03 bits per heavy atom. The fourth-order valence-corrected chi connectivity index (χ4v) is 3.00. The van der Waals surface area contributed by atoms with Crippen LogP contribution in [0.4, 0.5) is 10.1 Å². The van der Waals surface area contributed by atoms with Gasteiger partial charge in [-0.15, -0.1) is 0 Å². The molecule has 0 spiro atoms. The van der Waals surface area contributed by atoms with E-state index in [0.29, 0.717) is 37.7 Å². The van der Waals surface area contributed by atoms with Crippen LogP contribution in [0.2, 0.25) is 0 Å². The van der Waals surface area contributed by atoms with Crippen LogP contribution in [0.15, 0.2) is 42.5 Å². The molecule has 1 heterocycles. The molecule has 0 saturated heterocycles. The number of carbonyl (C=O) groups excluding carboxylic acids is 1. The van der Waals surface area contributed by atoms with Crippen molar-refractivity contribution in [3.63, 3.8) is 0 Å². The fraction of sp³-hybridized carbons (Fsp3) is 0.409. The van der Waals surface area contributed by atoms with Crippen molar-refractivity contribution in [3.05, 3.63) is 59.4 Å². The summed E-state index contributed by atoms with van der Waals surface area (Å²) in [5.74, 6) is 0.217. The molecule has 1 atom stereocenters. The number of carbonyl (C=O) groups is 1. The lowest BCUT2D eigenvalue weighted by atomic mass is 10.0. The van der Waals surface area contributed by atoms with Crippen molar-refractivity contribution in [3.8, 4) is 5.75 Å². The normalized spacial score (nSPS) is 18.0. The standard InChI is InChI=1S/C22H28FN3O3/c1-22(14-28-11-10-26(2)3)15-29-20-9-6-17(12-19(20)25-22)21(27)24-13-16-4-7-18(23)8-5-16/h4-9,12,25H,10-11,13-15H2,1-3H3,(H,24,27). The van der Waals surface area contributed by atoms with Crippen molar-refractivity contribution in [2.45, 2.75) is 19.0 Å². The van der Waals surface area contributed by atoms with Gasteiger partial charge < -0.3 is 25.0 Å². The van der Waals surface area contributed by atoms with Gasteiger partial charge in [0.2, 0.25) is 0 Å². The number of nitrogens with zero attached hydrogens (tertiary/aromatic N) is 1. The maximum Gasteiger partial charge on any atom is 0.251 e. The van der Waals surface area contributed by atoms with Gasteiger partial charge >= 0.3 is 0 Å². The summed E-state index contributed by atoms with van der Waals surface area (Å²) in [6.07, 6.45) is 0. The minimum Gasteiger partial charge on any atom is -0.489 e. The summed E-state index contributed by atoms with van der Waals surface area (Å²) in [4.78, 5) is 14.6. The van der Waals surface area contributed by atoms with Crippen molar-refractivity contribution in [1.29, 1.82) is 0 Å². The summed E-state index contributed by atoms with van der Waals surface area (Å²) >= 11 is 0. The Kier molecular flexibility index (Phi) is 6.71. The van der Waals surface area contributed by atoms with E-state index in [4.69, 9.17) is 9.47 Å². The first-order valence-corrected chi connectivity index (χ1v) is 9.65. The molecule has 6 nitrogen and oxygen atoms in total. The molecule has 29 heavy (non-hydrogen) atoms. The quantitative estimate of drug-likeness (QED) is 0.666. The molecule has 1 aliphatic rings. The summed E-state index contributed by atoms with van der Waals surface area (Å²) in [6, 6.07) is 11.4. The molecular weight excluding hydrogens is 373 g/mol. The molecule has 0 saturated carbocycles.